The second-order valence-electron chi connectivity index (χ2n) is 3.17. The molecule has 0 aliphatic carbocycles. The molecule has 0 unspecified atom stereocenters. The van der Waals surface area contributed by atoms with Crippen LogP contribution in [0.25, 0.3) is 5.82 Å². The Morgan fingerprint density at radius 2 is 2.24 bits per heavy atom. The third kappa shape index (κ3) is 2.07. The van der Waals surface area contributed by atoms with E-state index in [4.69, 9.17) is 17.3 Å². The summed E-state index contributed by atoms with van der Waals surface area (Å²) >= 11 is 5.72. The number of nitrogens with two attached hydrogens (primary N) is 1. The van der Waals surface area contributed by atoms with Gasteiger partial charge in [0.15, 0.2) is 5.69 Å². The fourth-order valence-electron chi connectivity index (χ4n) is 1.30. The second kappa shape index (κ2) is 4.42. The van der Waals surface area contributed by atoms with Crippen molar-refractivity contribution in [2.45, 2.75) is 0 Å². The lowest BCUT2D eigenvalue weighted by atomic mass is 10.4. The fourth-order valence-corrected chi connectivity index (χ4v) is 1.42. The Hall–Kier alpha value is -2.08. The first-order chi connectivity index (χ1) is 8.13. The number of carbonyl (C=O) groups is 1. The highest BCUT2D eigenvalue weighted by Gasteiger charge is 2.17. The van der Waals surface area contributed by atoms with E-state index in [1.165, 1.54) is 24.2 Å². The van der Waals surface area contributed by atoms with Crippen LogP contribution in [0.4, 0.5) is 5.82 Å². The predicted molar refractivity (Wildman–Crippen MR) is 62.1 cm³/mol. The number of hydrogen-bond donors (Lipinski definition) is 1. The number of rotatable bonds is 2. The highest BCUT2D eigenvalue weighted by molar-refractivity contribution is 6.30. The van der Waals surface area contributed by atoms with Crippen LogP contribution in [0.3, 0.4) is 0 Å². The van der Waals surface area contributed by atoms with Gasteiger partial charge in [0, 0.05) is 6.20 Å². The van der Waals surface area contributed by atoms with Gasteiger partial charge in [-0.1, -0.05) is 11.6 Å². The molecule has 0 bridgehead atoms. The molecule has 2 N–H and O–H groups in total. The maximum atomic E-state index is 11.3. The zero-order chi connectivity index (χ0) is 12.4. The number of hydrogen-bond acceptors (Lipinski definition) is 5. The molecule has 0 aromatic carbocycles. The summed E-state index contributed by atoms with van der Waals surface area (Å²) in [6.07, 6.45) is 2.88. The molecule has 2 heterocycles. The standard InChI is InChI=1S/C10H9ClN4O2/c1-17-10(16)8-9(12)15(5-14-8)7-3-2-6(11)4-13-7/h2-5H,12H2,1H3. The number of nitrogens with zero attached hydrogens (tertiary/aromatic N) is 3. The molecule has 0 amide bonds. The van der Waals surface area contributed by atoms with Crippen LogP contribution in [-0.4, -0.2) is 27.6 Å². The first kappa shape index (κ1) is 11.4. The zero-order valence-corrected chi connectivity index (χ0v) is 9.68. The van der Waals surface area contributed by atoms with Gasteiger partial charge in [-0.05, 0) is 12.1 Å². The van der Waals surface area contributed by atoms with Crippen molar-refractivity contribution in [1.82, 2.24) is 14.5 Å². The number of ether oxygens (including phenoxy) is 1. The molecule has 0 saturated heterocycles. The Morgan fingerprint density at radius 3 is 2.82 bits per heavy atom. The highest BCUT2D eigenvalue weighted by Crippen LogP contribution is 2.17. The minimum absolute atomic E-state index is 0.0595. The molecular weight excluding hydrogens is 244 g/mol. The first-order valence-electron chi connectivity index (χ1n) is 4.66. The molecule has 2 aromatic rings. The number of carbonyl (C=O) groups excluding carboxylic acids is 1. The van der Waals surface area contributed by atoms with Crippen molar-refractivity contribution in [2.24, 2.45) is 0 Å². The Balaban J connectivity index is 2.44. The van der Waals surface area contributed by atoms with Crippen LogP contribution >= 0.6 is 11.6 Å². The van der Waals surface area contributed by atoms with E-state index in [9.17, 15) is 4.79 Å². The number of methoxy groups -OCH3 is 1. The van der Waals surface area contributed by atoms with Gasteiger partial charge >= 0.3 is 5.97 Å². The van der Waals surface area contributed by atoms with Crippen molar-refractivity contribution < 1.29 is 9.53 Å². The molecule has 0 aliphatic rings. The smallest absolute Gasteiger partial charge is 0.360 e. The molecule has 0 atom stereocenters. The molecule has 2 rings (SSSR count). The van der Waals surface area contributed by atoms with E-state index in [0.29, 0.717) is 10.8 Å². The van der Waals surface area contributed by atoms with Crippen LogP contribution in [0.1, 0.15) is 10.5 Å². The van der Waals surface area contributed by atoms with Crippen molar-refractivity contribution in [3.63, 3.8) is 0 Å². The van der Waals surface area contributed by atoms with Gasteiger partial charge in [0.2, 0.25) is 0 Å². The maximum absolute atomic E-state index is 11.3. The average Bonchev–Trinajstić information content (AvgIpc) is 2.71. The van der Waals surface area contributed by atoms with E-state index in [1.54, 1.807) is 12.1 Å². The number of anilines is 1. The molecule has 0 spiro atoms. The minimum Gasteiger partial charge on any atom is -0.464 e. The van der Waals surface area contributed by atoms with Crippen molar-refractivity contribution in [3.05, 3.63) is 35.4 Å². The summed E-state index contributed by atoms with van der Waals surface area (Å²) in [6, 6.07) is 3.34. The van der Waals surface area contributed by atoms with E-state index in [2.05, 4.69) is 14.7 Å². The van der Waals surface area contributed by atoms with Gasteiger partial charge in [-0.2, -0.15) is 0 Å². The second-order valence-corrected chi connectivity index (χ2v) is 3.61. The number of esters is 1. The molecule has 88 valence electrons. The van der Waals surface area contributed by atoms with Gasteiger partial charge in [-0.15, -0.1) is 0 Å². The molecule has 2 aromatic heterocycles. The van der Waals surface area contributed by atoms with Crippen LogP contribution in [-0.2, 0) is 4.74 Å². The van der Waals surface area contributed by atoms with Gasteiger partial charge in [-0.25, -0.2) is 14.8 Å². The normalized spacial score (nSPS) is 10.2. The van der Waals surface area contributed by atoms with Crippen molar-refractivity contribution in [2.75, 3.05) is 12.8 Å². The summed E-state index contributed by atoms with van der Waals surface area (Å²) in [7, 11) is 1.27. The van der Waals surface area contributed by atoms with Crippen LogP contribution in [0.2, 0.25) is 5.02 Å². The quantitative estimate of drug-likeness (QED) is 0.815. The lowest BCUT2D eigenvalue weighted by Gasteiger charge is -2.03. The minimum atomic E-state index is -0.588. The molecule has 0 fully saturated rings. The number of nitrogen functional groups attached to an aromatic ring is 1. The van der Waals surface area contributed by atoms with Crippen molar-refractivity contribution >= 4 is 23.4 Å². The van der Waals surface area contributed by atoms with Gasteiger partial charge in [0.05, 0.1) is 12.1 Å². The third-order valence-electron chi connectivity index (χ3n) is 2.14. The number of imidazole rings is 1. The van der Waals surface area contributed by atoms with E-state index < -0.39 is 5.97 Å². The lowest BCUT2D eigenvalue weighted by Crippen LogP contribution is -2.08. The van der Waals surface area contributed by atoms with Crippen LogP contribution < -0.4 is 5.73 Å². The lowest BCUT2D eigenvalue weighted by molar-refractivity contribution is 0.0596. The summed E-state index contributed by atoms with van der Waals surface area (Å²) < 4.78 is 6.02. The van der Waals surface area contributed by atoms with Crippen molar-refractivity contribution in [3.8, 4) is 5.82 Å². The summed E-state index contributed by atoms with van der Waals surface area (Å²) in [5, 5.41) is 0.514. The zero-order valence-electron chi connectivity index (χ0n) is 8.92. The topological polar surface area (TPSA) is 83.0 Å². The Morgan fingerprint density at radius 1 is 1.47 bits per heavy atom. The van der Waals surface area contributed by atoms with Crippen LogP contribution in [0.5, 0.6) is 0 Å². The number of pyridine rings is 1. The molecule has 6 nitrogen and oxygen atoms in total. The highest BCUT2D eigenvalue weighted by atomic mass is 35.5. The predicted octanol–water partition coefficient (Wildman–Crippen LogP) is 1.29. The van der Waals surface area contributed by atoms with Gasteiger partial charge in [-0.3, -0.25) is 4.57 Å². The molecule has 7 heteroatoms. The SMILES string of the molecule is COC(=O)c1ncn(-c2ccc(Cl)cn2)c1N. The van der Waals surface area contributed by atoms with Gasteiger partial charge in [0.1, 0.15) is 18.0 Å². The molecule has 17 heavy (non-hydrogen) atoms. The molecule has 0 radical (unpaired) electrons. The number of halogens is 1. The van der Waals surface area contributed by atoms with E-state index in [0.717, 1.165) is 0 Å². The number of aromatic nitrogens is 3. The maximum Gasteiger partial charge on any atom is 0.360 e. The summed E-state index contributed by atoms with van der Waals surface area (Å²) in [5.74, 6) is 0.108. The van der Waals surface area contributed by atoms with E-state index in [-0.39, 0.29) is 11.5 Å². The Bertz CT molecular complexity index is 550. The molecule has 0 aliphatic heterocycles. The average molecular weight is 253 g/mol. The van der Waals surface area contributed by atoms with Crippen molar-refractivity contribution in [1.29, 1.82) is 0 Å². The first-order valence-corrected chi connectivity index (χ1v) is 5.04. The monoisotopic (exact) mass is 252 g/mol. The summed E-state index contributed by atoms with van der Waals surface area (Å²) in [6.45, 7) is 0. The largest absolute Gasteiger partial charge is 0.464 e. The molecular formula is C10H9ClN4O2. The van der Waals surface area contributed by atoms with Crippen LogP contribution in [0.15, 0.2) is 24.7 Å². The van der Waals surface area contributed by atoms with E-state index >= 15 is 0 Å². The summed E-state index contributed by atoms with van der Waals surface area (Å²) in [4.78, 5) is 19.3. The Kier molecular flexibility index (Phi) is 2.97. The fraction of sp³-hybridized carbons (Fsp3) is 0.100. The van der Waals surface area contributed by atoms with E-state index in [1.807, 2.05) is 0 Å². The van der Waals surface area contributed by atoms with Crippen LogP contribution in [0, 0.1) is 0 Å². The third-order valence-corrected chi connectivity index (χ3v) is 2.37. The summed E-state index contributed by atoms with van der Waals surface area (Å²) in [5.41, 5.74) is 5.84. The Labute approximate surface area is 102 Å². The molecule has 0 saturated carbocycles. The van der Waals surface area contributed by atoms with Gasteiger partial charge < -0.3 is 10.5 Å². The van der Waals surface area contributed by atoms with Gasteiger partial charge in [0.25, 0.3) is 0 Å².